The van der Waals surface area contributed by atoms with Crippen LogP contribution in [0.15, 0.2) is 35.0 Å². The Morgan fingerprint density at radius 3 is 2.81 bits per heavy atom. The van der Waals surface area contributed by atoms with E-state index in [1.165, 1.54) is 0 Å². The van der Waals surface area contributed by atoms with E-state index in [1.54, 1.807) is 6.20 Å². The molecule has 0 spiro atoms. The fourth-order valence-corrected chi connectivity index (χ4v) is 2.93. The number of nitrogens with zero attached hydrogens (tertiary/aromatic N) is 3. The van der Waals surface area contributed by atoms with Gasteiger partial charge in [0.15, 0.2) is 5.76 Å². The van der Waals surface area contributed by atoms with Crippen LogP contribution < -0.4 is 0 Å². The van der Waals surface area contributed by atoms with Gasteiger partial charge in [-0.2, -0.15) is 0 Å². The number of pyridine rings is 1. The molecule has 5 nitrogen and oxygen atoms in total. The second-order valence-corrected chi connectivity index (χ2v) is 5.75. The predicted octanol–water partition coefficient (Wildman–Crippen LogP) is 2.32. The Morgan fingerprint density at radius 2 is 2.19 bits per heavy atom. The van der Waals surface area contributed by atoms with Crippen LogP contribution in [0.3, 0.4) is 0 Å². The van der Waals surface area contributed by atoms with Gasteiger partial charge in [-0.05, 0) is 50.9 Å². The lowest BCUT2D eigenvalue weighted by molar-refractivity contribution is 0.0516. The minimum atomic E-state index is -0.458. The fraction of sp³-hybridized carbons (Fsp3) is 0.500. The SMILES string of the molecule is Cc1cc(CN2CCC(C(O)c3ccccn3)CC2)on1. The lowest BCUT2D eigenvalue weighted by Crippen LogP contribution is -2.35. The standard InChI is InChI=1S/C16H21N3O2/c1-12-10-14(21-18-12)11-19-8-5-13(6-9-19)16(20)15-4-2-3-7-17-15/h2-4,7,10,13,16,20H,5-6,8-9,11H2,1H3. The van der Waals surface area contributed by atoms with Crippen LogP contribution in [0.4, 0.5) is 0 Å². The molecule has 1 aliphatic heterocycles. The first kappa shape index (κ1) is 14.2. The summed E-state index contributed by atoms with van der Waals surface area (Å²) in [4.78, 5) is 6.61. The van der Waals surface area contributed by atoms with Crippen molar-refractivity contribution >= 4 is 0 Å². The third-order valence-corrected chi connectivity index (χ3v) is 4.13. The summed E-state index contributed by atoms with van der Waals surface area (Å²) in [7, 11) is 0. The third-order valence-electron chi connectivity index (χ3n) is 4.13. The van der Waals surface area contributed by atoms with E-state index in [-0.39, 0.29) is 5.92 Å². The molecule has 1 fully saturated rings. The molecule has 0 bridgehead atoms. The Bertz CT molecular complexity index is 562. The van der Waals surface area contributed by atoms with E-state index < -0.39 is 6.10 Å². The second kappa shape index (κ2) is 6.37. The molecular weight excluding hydrogens is 266 g/mol. The quantitative estimate of drug-likeness (QED) is 0.935. The van der Waals surface area contributed by atoms with Crippen molar-refractivity contribution in [1.82, 2.24) is 15.0 Å². The second-order valence-electron chi connectivity index (χ2n) is 5.75. The smallest absolute Gasteiger partial charge is 0.150 e. The van der Waals surface area contributed by atoms with Gasteiger partial charge in [0.2, 0.25) is 0 Å². The summed E-state index contributed by atoms with van der Waals surface area (Å²) in [6.45, 7) is 4.66. The number of aliphatic hydroxyl groups excluding tert-OH is 1. The third kappa shape index (κ3) is 3.49. The van der Waals surface area contributed by atoms with Gasteiger partial charge in [0.1, 0.15) is 0 Å². The van der Waals surface area contributed by atoms with Crippen LogP contribution in [-0.2, 0) is 6.54 Å². The van der Waals surface area contributed by atoms with Crippen LogP contribution in [0.5, 0.6) is 0 Å². The van der Waals surface area contributed by atoms with E-state index in [9.17, 15) is 5.11 Å². The van der Waals surface area contributed by atoms with Crippen LogP contribution >= 0.6 is 0 Å². The molecule has 2 aromatic rings. The molecule has 3 rings (SSSR count). The van der Waals surface area contributed by atoms with Crippen molar-refractivity contribution < 1.29 is 9.63 Å². The number of piperidine rings is 1. The average molecular weight is 287 g/mol. The van der Waals surface area contributed by atoms with Crippen molar-refractivity contribution in [3.05, 3.63) is 47.6 Å². The van der Waals surface area contributed by atoms with Crippen LogP contribution in [0.25, 0.3) is 0 Å². The number of aryl methyl sites for hydroxylation is 1. The molecule has 5 heteroatoms. The van der Waals surface area contributed by atoms with Crippen molar-refractivity contribution in [2.45, 2.75) is 32.4 Å². The van der Waals surface area contributed by atoms with Gasteiger partial charge in [0, 0.05) is 12.3 Å². The van der Waals surface area contributed by atoms with Gasteiger partial charge in [-0.15, -0.1) is 0 Å². The van der Waals surface area contributed by atoms with E-state index >= 15 is 0 Å². The maximum absolute atomic E-state index is 10.4. The lowest BCUT2D eigenvalue weighted by atomic mass is 9.89. The first-order valence-electron chi connectivity index (χ1n) is 7.46. The van der Waals surface area contributed by atoms with E-state index in [2.05, 4.69) is 15.0 Å². The highest BCUT2D eigenvalue weighted by molar-refractivity contribution is 5.08. The van der Waals surface area contributed by atoms with E-state index in [0.29, 0.717) is 0 Å². The van der Waals surface area contributed by atoms with Gasteiger partial charge in [-0.1, -0.05) is 11.2 Å². The van der Waals surface area contributed by atoms with Crippen molar-refractivity contribution in [2.24, 2.45) is 5.92 Å². The Balaban J connectivity index is 1.53. The highest BCUT2D eigenvalue weighted by Gasteiger charge is 2.27. The molecule has 1 saturated heterocycles. The number of aliphatic hydroxyl groups is 1. The van der Waals surface area contributed by atoms with Crippen molar-refractivity contribution in [2.75, 3.05) is 13.1 Å². The van der Waals surface area contributed by atoms with E-state index in [0.717, 1.165) is 49.6 Å². The monoisotopic (exact) mass is 287 g/mol. The van der Waals surface area contributed by atoms with Gasteiger partial charge in [-0.25, -0.2) is 0 Å². The summed E-state index contributed by atoms with van der Waals surface area (Å²) in [6.07, 6.45) is 3.23. The van der Waals surface area contributed by atoms with Crippen LogP contribution in [0.1, 0.15) is 36.1 Å². The zero-order valence-electron chi connectivity index (χ0n) is 12.3. The molecule has 21 heavy (non-hydrogen) atoms. The summed E-state index contributed by atoms with van der Waals surface area (Å²) < 4.78 is 5.26. The Morgan fingerprint density at radius 1 is 1.38 bits per heavy atom. The Labute approximate surface area is 124 Å². The molecule has 112 valence electrons. The van der Waals surface area contributed by atoms with Gasteiger partial charge in [0.25, 0.3) is 0 Å². The largest absolute Gasteiger partial charge is 0.387 e. The topological polar surface area (TPSA) is 62.4 Å². The lowest BCUT2D eigenvalue weighted by Gasteiger charge is -2.33. The number of hydrogen-bond acceptors (Lipinski definition) is 5. The van der Waals surface area contributed by atoms with E-state index in [4.69, 9.17) is 4.52 Å². The average Bonchev–Trinajstić information content (AvgIpc) is 2.93. The molecule has 0 amide bonds. The first-order chi connectivity index (χ1) is 10.2. The molecule has 0 radical (unpaired) electrons. The van der Waals surface area contributed by atoms with E-state index in [1.807, 2.05) is 31.2 Å². The molecular formula is C16H21N3O2. The molecule has 2 aromatic heterocycles. The summed E-state index contributed by atoms with van der Waals surface area (Å²) in [5.74, 6) is 1.20. The number of rotatable bonds is 4. The molecule has 0 saturated carbocycles. The van der Waals surface area contributed by atoms with Crippen molar-refractivity contribution in [3.8, 4) is 0 Å². The van der Waals surface area contributed by atoms with Crippen molar-refractivity contribution in [1.29, 1.82) is 0 Å². The normalized spacial score (nSPS) is 18.8. The van der Waals surface area contributed by atoms with Crippen molar-refractivity contribution in [3.63, 3.8) is 0 Å². The molecule has 1 unspecified atom stereocenters. The highest BCUT2D eigenvalue weighted by atomic mass is 16.5. The van der Waals surface area contributed by atoms with Crippen LogP contribution in [-0.4, -0.2) is 33.2 Å². The molecule has 3 heterocycles. The number of likely N-dealkylation sites (tertiary alicyclic amines) is 1. The molecule has 0 aliphatic carbocycles. The molecule has 1 aliphatic rings. The molecule has 0 aromatic carbocycles. The molecule has 1 N–H and O–H groups in total. The number of aromatic nitrogens is 2. The zero-order valence-corrected chi connectivity index (χ0v) is 12.3. The fourth-order valence-electron chi connectivity index (χ4n) is 2.93. The Kier molecular flexibility index (Phi) is 4.31. The van der Waals surface area contributed by atoms with Gasteiger partial charge in [-0.3, -0.25) is 9.88 Å². The van der Waals surface area contributed by atoms with Gasteiger partial charge in [0.05, 0.1) is 24.0 Å². The maximum atomic E-state index is 10.4. The minimum Gasteiger partial charge on any atom is -0.387 e. The maximum Gasteiger partial charge on any atom is 0.150 e. The number of hydrogen-bond donors (Lipinski definition) is 1. The van der Waals surface area contributed by atoms with Crippen LogP contribution in [0, 0.1) is 12.8 Å². The summed E-state index contributed by atoms with van der Waals surface area (Å²) in [5, 5.41) is 14.3. The van der Waals surface area contributed by atoms with Crippen LogP contribution in [0.2, 0.25) is 0 Å². The van der Waals surface area contributed by atoms with Gasteiger partial charge < -0.3 is 9.63 Å². The summed E-state index contributed by atoms with van der Waals surface area (Å²) >= 11 is 0. The highest BCUT2D eigenvalue weighted by Crippen LogP contribution is 2.30. The predicted molar refractivity (Wildman–Crippen MR) is 78.4 cm³/mol. The van der Waals surface area contributed by atoms with Gasteiger partial charge >= 0.3 is 0 Å². The summed E-state index contributed by atoms with van der Waals surface area (Å²) in [6, 6.07) is 7.67. The Hall–Kier alpha value is -1.72. The molecule has 1 atom stereocenters. The minimum absolute atomic E-state index is 0.285. The first-order valence-corrected chi connectivity index (χ1v) is 7.46. The zero-order chi connectivity index (χ0) is 14.7. The summed E-state index contributed by atoms with van der Waals surface area (Å²) in [5.41, 5.74) is 1.70.